The lowest BCUT2D eigenvalue weighted by Gasteiger charge is -2.00. The molecule has 1 heterocycles. The van der Waals surface area contributed by atoms with Gasteiger partial charge in [-0.1, -0.05) is 30.3 Å². The third-order valence-electron chi connectivity index (χ3n) is 3.29. The summed E-state index contributed by atoms with van der Waals surface area (Å²) in [6.07, 6.45) is 0. The van der Waals surface area contributed by atoms with Crippen LogP contribution in [0.1, 0.15) is 5.56 Å². The number of hydrogen-bond donors (Lipinski definition) is 0. The summed E-state index contributed by atoms with van der Waals surface area (Å²) in [5.74, 6) is 0. The summed E-state index contributed by atoms with van der Waals surface area (Å²) in [6.45, 7) is 1.85. The molecular weight excluding hydrogens is 361 g/mol. The lowest BCUT2D eigenvalue weighted by molar-refractivity contribution is -0.0864. The molecule has 0 bridgehead atoms. The molecule has 1 unspecified atom stereocenters. The monoisotopic (exact) mass is 372 g/mol. The van der Waals surface area contributed by atoms with E-state index in [1.165, 1.54) is 0 Å². The van der Waals surface area contributed by atoms with Gasteiger partial charge >= 0.3 is 5.51 Å². The number of thiophene rings is 1. The van der Waals surface area contributed by atoms with Crippen LogP contribution in [-0.4, -0.2) is 0 Å². The molecule has 0 aliphatic rings. The van der Waals surface area contributed by atoms with Crippen molar-refractivity contribution in [1.82, 2.24) is 0 Å². The van der Waals surface area contributed by atoms with E-state index < -0.39 is 16.0 Å². The number of alkyl halides is 3. The minimum absolute atomic E-state index is 0. The summed E-state index contributed by atoms with van der Waals surface area (Å²) in [6, 6.07) is 15.6. The Morgan fingerprint density at radius 1 is 0.905 bits per heavy atom. The summed E-state index contributed by atoms with van der Waals surface area (Å²) < 4.78 is 40.8. The number of rotatable bonds is 1. The second kappa shape index (κ2) is 5.81. The van der Waals surface area contributed by atoms with E-state index in [0.29, 0.717) is 20.5 Å². The van der Waals surface area contributed by atoms with Gasteiger partial charge in [-0.3, -0.25) is 0 Å². The Morgan fingerprint density at radius 3 is 2.19 bits per heavy atom. The number of benzene rings is 2. The molecule has 2 aromatic carbocycles. The molecule has 0 radical (unpaired) electrons. The van der Waals surface area contributed by atoms with Crippen molar-refractivity contribution in [1.29, 1.82) is 0 Å². The molecule has 0 spiro atoms. The SMILES string of the molecule is Cc1cccc2c1cc(-c1ccccc1)[s+]2C(F)(F)F.[Br-]. The molecule has 0 amide bonds. The molecule has 1 aromatic heterocycles. The minimum Gasteiger partial charge on any atom is -1.00 e. The molecule has 0 saturated heterocycles. The number of aryl methyl sites for hydroxylation is 1. The van der Waals surface area contributed by atoms with E-state index in [0.717, 1.165) is 5.56 Å². The van der Waals surface area contributed by atoms with Crippen molar-refractivity contribution in [2.45, 2.75) is 12.4 Å². The fourth-order valence-electron chi connectivity index (χ4n) is 2.38. The number of hydrogen-bond acceptors (Lipinski definition) is 0. The van der Waals surface area contributed by atoms with Crippen molar-refractivity contribution in [3.63, 3.8) is 0 Å². The average molecular weight is 373 g/mol. The highest BCUT2D eigenvalue weighted by Crippen LogP contribution is 2.54. The van der Waals surface area contributed by atoms with Gasteiger partial charge in [0, 0.05) is 17.0 Å². The third kappa shape index (κ3) is 2.85. The van der Waals surface area contributed by atoms with Gasteiger partial charge in [0.25, 0.3) is 0 Å². The molecular formula is C16H12BrF3S. The highest BCUT2D eigenvalue weighted by molar-refractivity contribution is 7.41. The number of fused-ring (bicyclic) bond motifs is 1. The first-order valence-corrected chi connectivity index (χ1v) is 7.39. The highest BCUT2D eigenvalue weighted by atomic mass is 79.9. The summed E-state index contributed by atoms with van der Waals surface area (Å²) in [5.41, 5.74) is -2.72. The maximum atomic E-state index is 13.5. The van der Waals surface area contributed by atoms with Gasteiger partial charge in [0.2, 0.25) is 0 Å². The van der Waals surface area contributed by atoms with Crippen LogP contribution in [0.2, 0.25) is 0 Å². The molecule has 21 heavy (non-hydrogen) atoms. The normalized spacial score (nSPS) is 12.3. The maximum absolute atomic E-state index is 13.5. The van der Waals surface area contributed by atoms with Gasteiger partial charge in [-0.15, -0.1) is 13.2 Å². The summed E-state index contributed by atoms with van der Waals surface area (Å²) in [4.78, 5) is 0.363. The molecule has 1 atom stereocenters. The Labute approximate surface area is 134 Å². The standard InChI is InChI=1S/C16H12F3S.BrH/c1-11-6-5-9-14-13(11)10-15(20(14)16(17,18)19)12-7-3-2-4-8-12;/h2-10H,1H3;1H/q+1;/p-1. The van der Waals surface area contributed by atoms with Crippen molar-refractivity contribution >= 4 is 20.6 Å². The van der Waals surface area contributed by atoms with Crippen LogP contribution < -0.4 is 17.0 Å². The zero-order valence-electron chi connectivity index (χ0n) is 11.1. The van der Waals surface area contributed by atoms with Crippen molar-refractivity contribution in [3.8, 4) is 10.4 Å². The molecule has 0 saturated carbocycles. The van der Waals surface area contributed by atoms with Crippen LogP contribution in [0.3, 0.4) is 0 Å². The van der Waals surface area contributed by atoms with Gasteiger partial charge in [0.1, 0.15) is 10.5 Å². The highest BCUT2D eigenvalue weighted by Gasteiger charge is 2.48. The molecule has 3 aromatic rings. The average Bonchev–Trinajstić information content (AvgIpc) is 2.80. The zero-order valence-corrected chi connectivity index (χ0v) is 13.5. The second-order valence-corrected chi connectivity index (χ2v) is 6.57. The van der Waals surface area contributed by atoms with Crippen LogP contribution in [0.4, 0.5) is 13.2 Å². The minimum atomic E-state index is -4.25. The van der Waals surface area contributed by atoms with Gasteiger partial charge in [0.15, 0.2) is 9.58 Å². The predicted octanol–water partition coefficient (Wildman–Crippen LogP) is 3.04. The van der Waals surface area contributed by atoms with Crippen LogP contribution in [0.15, 0.2) is 54.6 Å². The van der Waals surface area contributed by atoms with Gasteiger partial charge in [-0.25, -0.2) is 0 Å². The van der Waals surface area contributed by atoms with E-state index in [2.05, 4.69) is 0 Å². The smallest absolute Gasteiger partial charge is 0.601 e. The Kier molecular flexibility index (Phi) is 4.44. The molecule has 3 rings (SSSR count). The fourth-order valence-corrected chi connectivity index (χ4v) is 4.38. The van der Waals surface area contributed by atoms with Gasteiger partial charge in [-0.05, 0) is 30.7 Å². The summed E-state index contributed by atoms with van der Waals surface area (Å²) in [5, 5.41) is 0.715. The molecule has 5 heteroatoms. The van der Waals surface area contributed by atoms with E-state index in [1.54, 1.807) is 42.5 Å². The third-order valence-corrected chi connectivity index (χ3v) is 5.34. The Morgan fingerprint density at radius 2 is 1.57 bits per heavy atom. The second-order valence-electron chi connectivity index (χ2n) is 4.61. The van der Waals surface area contributed by atoms with Crippen molar-refractivity contribution in [2.24, 2.45) is 0 Å². The quantitative estimate of drug-likeness (QED) is 0.576. The van der Waals surface area contributed by atoms with Crippen molar-refractivity contribution in [2.75, 3.05) is 0 Å². The first-order valence-electron chi connectivity index (χ1n) is 6.16. The van der Waals surface area contributed by atoms with Crippen molar-refractivity contribution in [3.05, 3.63) is 60.2 Å². The largest absolute Gasteiger partial charge is 1.00 e. The topological polar surface area (TPSA) is 0 Å². The summed E-state index contributed by atoms with van der Waals surface area (Å²) >= 11 is 0. The van der Waals surface area contributed by atoms with E-state index in [9.17, 15) is 13.2 Å². The van der Waals surface area contributed by atoms with Crippen molar-refractivity contribution < 1.29 is 30.2 Å². The van der Waals surface area contributed by atoms with E-state index in [-0.39, 0.29) is 17.0 Å². The molecule has 0 aliphatic carbocycles. The first-order chi connectivity index (χ1) is 9.48. The molecule has 0 nitrogen and oxygen atoms in total. The van der Waals surface area contributed by atoms with Crippen LogP contribution >= 0.6 is 10.5 Å². The molecule has 0 N–H and O–H groups in total. The lowest BCUT2D eigenvalue weighted by Crippen LogP contribution is -3.00. The van der Waals surface area contributed by atoms with E-state index >= 15 is 0 Å². The fraction of sp³-hybridized carbons (Fsp3) is 0.125. The lowest BCUT2D eigenvalue weighted by atomic mass is 10.1. The Hall–Kier alpha value is -1.33. The van der Waals surface area contributed by atoms with Gasteiger partial charge in [-0.2, -0.15) is 0 Å². The van der Waals surface area contributed by atoms with Crippen LogP contribution in [-0.2, 0) is 5.51 Å². The van der Waals surface area contributed by atoms with E-state index in [4.69, 9.17) is 0 Å². The summed E-state index contributed by atoms with van der Waals surface area (Å²) in [7, 11) is -1.86. The zero-order chi connectivity index (χ0) is 14.3. The molecule has 0 aliphatic heterocycles. The maximum Gasteiger partial charge on any atom is 0.601 e. The van der Waals surface area contributed by atoms with Crippen LogP contribution in [0, 0.1) is 6.92 Å². The van der Waals surface area contributed by atoms with Gasteiger partial charge < -0.3 is 17.0 Å². The first kappa shape index (κ1) is 16.0. The predicted molar refractivity (Wildman–Crippen MR) is 77.9 cm³/mol. The number of halogens is 4. The Bertz CT molecular complexity index is 760. The molecule has 0 fully saturated rings. The Balaban J connectivity index is 0.00000161. The van der Waals surface area contributed by atoms with Gasteiger partial charge in [0.05, 0.1) is 0 Å². The van der Waals surface area contributed by atoms with Crippen LogP contribution in [0.25, 0.3) is 20.5 Å². The van der Waals surface area contributed by atoms with Crippen LogP contribution in [0.5, 0.6) is 0 Å². The molecule has 110 valence electrons. The van der Waals surface area contributed by atoms with E-state index in [1.807, 2.05) is 19.1 Å².